The third-order valence-electron chi connectivity index (χ3n) is 9.82. The van der Waals surface area contributed by atoms with Gasteiger partial charge in [-0.25, -0.2) is 0 Å². The van der Waals surface area contributed by atoms with E-state index in [2.05, 4.69) is 37.8 Å². The maximum atomic E-state index is 13.2. The molecule has 0 aromatic carbocycles. The zero-order chi connectivity index (χ0) is 32.7. The minimum Gasteiger partial charge on any atom is -0.343 e. The van der Waals surface area contributed by atoms with Crippen LogP contribution in [-0.2, 0) is 4.79 Å². The van der Waals surface area contributed by atoms with Crippen LogP contribution in [0.1, 0.15) is 245 Å². The minimum absolute atomic E-state index is 0. The first-order chi connectivity index (χ1) is 22.3. The number of carbonyl (C=O) groups is 1. The lowest BCUT2D eigenvalue weighted by atomic mass is 10.0. The largest absolute Gasteiger partial charge is 0.343 e. The first-order valence-corrected chi connectivity index (χ1v) is 21.2. The molecular weight excluding hydrogens is 582 g/mol. The standard InChI is InChI=1S/C43H85NO.ClH/c1-4-7-10-13-16-19-21-23-24-25-26-28-31-34-37-40-43(45)44(41-38-35-32-29-18-15-12-9-6-3)42-39-36-33-30-27-22-20-17-14-11-8-5-2;/h23-24H,4-22,25-42H2,1-3H3;1H. The Balaban J connectivity index is 0. The Hall–Kier alpha value is -0.500. The van der Waals surface area contributed by atoms with Crippen molar-refractivity contribution in [2.24, 2.45) is 0 Å². The van der Waals surface area contributed by atoms with Crippen LogP contribution in [0.2, 0.25) is 0 Å². The Labute approximate surface area is 297 Å². The molecule has 3 heteroatoms. The molecule has 0 radical (unpaired) electrons. The van der Waals surface area contributed by atoms with Gasteiger partial charge in [0.1, 0.15) is 0 Å². The number of hydrogen-bond donors (Lipinski definition) is 0. The molecule has 276 valence electrons. The van der Waals surface area contributed by atoms with Crippen LogP contribution in [0.25, 0.3) is 0 Å². The van der Waals surface area contributed by atoms with E-state index in [-0.39, 0.29) is 12.4 Å². The molecule has 2 nitrogen and oxygen atoms in total. The van der Waals surface area contributed by atoms with Gasteiger partial charge in [0.05, 0.1) is 0 Å². The van der Waals surface area contributed by atoms with Crippen molar-refractivity contribution < 1.29 is 4.79 Å². The van der Waals surface area contributed by atoms with Gasteiger partial charge >= 0.3 is 0 Å². The van der Waals surface area contributed by atoms with E-state index in [0.717, 1.165) is 25.9 Å². The SMILES string of the molecule is CCCCCCCCC=CCCCCCCCC(=O)N(CCCCCCCCCCC)CCCCCCCCCCCCCC.Cl. The first-order valence-electron chi connectivity index (χ1n) is 21.2. The van der Waals surface area contributed by atoms with Crippen molar-refractivity contribution in [1.29, 1.82) is 0 Å². The van der Waals surface area contributed by atoms with E-state index >= 15 is 0 Å². The number of allylic oxidation sites excluding steroid dienone is 2. The fraction of sp³-hybridized carbons (Fsp3) is 0.930. The summed E-state index contributed by atoms with van der Waals surface area (Å²) in [4.78, 5) is 15.4. The molecule has 0 saturated carbocycles. The van der Waals surface area contributed by atoms with E-state index in [1.54, 1.807) is 0 Å². The molecule has 0 atom stereocenters. The molecule has 0 saturated heterocycles. The van der Waals surface area contributed by atoms with Crippen molar-refractivity contribution in [3.05, 3.63) is 12.2 Å². The predicted molar refractivity (Wildman–Crippen MR) is 212 cm³/mol. The number of halogens is 1. The summed E-state index contributed by atoms with van der Waals surface area (Å²) in [6, 6.07) is 0. The molecule has 0 aromatic rings. The van der Waals surface area contributed by atoms with Crippen LogP contribution in [-0.4, -0.2) is 23.9 Å². The summed E-state index contributed by atoms with van der Waals surface area (Å²) < 4.78 is 0. The average molecular weight is 669 g/mol. The van der Waals surface area contributed by atoms with Gasteiger partial charge in [-0.05, 0) is 44.9 Å². The Morgan fingerprint density at radius 1 is 0.370 bits per heavy atom. The topological polar surface area (TPSA) is 20.3 Å². The molecule has 0 aliphatic rings. The molecule has 0 fully saturated rings. The summed E-state index contributed by atoms with van der Waals surface area (Å²) in [6.07, 6.45) is 51.4. The number of rotatable bonds is 38. The van der Waals surface area contributed by atoms with Crippen molar-refractivity contribution in [3.63, 3.8) is 0 Å². The number of unbranched alkanes of at least 4 members (excludes halogenated alkanes) is 30. The molecular formula is C43H86ClNO. The van der Waals surface area contributed by atoms with Gasteiger partial charge < -0.3 is 4.90 Å². The van der Waals surface area contributed by atoms with E-state index in [0.29, 0.717) is 5.91 Å². The molecule has 0 aromatic heterocycles. The zero-order valence-electron chi connectivity index (χ0n) is 32.1. The normalized spacial score (nSPS) is 11.4. The summed E-state index contributed by atoms with van der Waals surface area (Å²) in [7, 11) is 0. The number of nitrogens with zero attached hydrogens (tertiary/aromatic N) is 1. The highest BCUT2D eigenvalue weighted by Gasteiger charge is 2.12. The van der Waals surface area contributed by atoms with Crippen LogP contribution < -0.4 is 0 Å². The van der Waals surface area contributed by atoms with Crippen molar-refractivity contribution >= 4 is 18.3 Å². The molecule has 0 rings (SSSR count). The molecule has 1 amide bonds. The fourth-order valence-corrected chi connectivity index (χ4v) is 6.62. The third-order valence-corrected chi connectivity index (χ3v) is 9.82. The summed E-state index contributed by atoms with van der Waals surface area (Å²) in [5.41, 5.74) is 0. The van der Waals surface area contributed by atoms with E-state index in [1.165, 1.54) is 212 Å². The van der Waals surface area contributed by atoms with Gasteiger partial charge in [-0.15, -0.1) is 12.4 Å². The van der Waals surface area contributed by atoms with Crippen LogP contribution >= 0.6 is 12.4 Å². The lowest BCUT2D eigenvalue weighted by Gasteiger charge is -2.23. The van der Waals surface area contributed by atoms with Crippen molar-refractivity contribution in [2.45, 2.75) is 245 Å². The van der Waals surface area contributed by atoms with Gasteiger partial charge in [0.15, 0.2) is 0 Å². The average Bonchev–Trinajstić information content (AvgIpc) is 3.05. The highest BCUT2D eigenvalue weighted by molar-refractivity contribution is 5.85. The van der Waals surface area contributed by atoms with Crippen molar-refractivity contribution in [1.82, 2.24) is 4.90 Å². The molecule has 0 aliphatic heterocycles. The summed E-state index contributed by atoms with van der Waals surface area (Å²) >= 11 is 0. The van der Waals surface area contributed by atoms with Gasteiger partial charge in [-0.2, -0.15) is 0 Å². The van der Waals surface area contributed by atoms with Crippen LogP contribution in [0.15, 0.2) is 12.2 Å². The highest BCUT2D eigenvalue weighted by Crippen LogP contribution is 2.15. The zero-order valence-corrected chi connectivity index (χ0v) is 32.9. The first kappa shape index (κ1) is 47.6. The lowest BCUT2D eigenvalue weighted by Crippen LogP contribution is -2.32. The van der Waals surface area contributed by atoms with Crippen LogP contribution in [0, 0.1) is 0 Å². The smallest absolute Gasteiger partial charge is 0.222 e. The minimum atomic E-state index is 0. The van der Waals surface area contributed by atoms with E-state index < -0.39 is 0 Å². The van der Waals surface area contributed by atoms with Crippen LogP contribution in [0.4, 0.5) is 0 Å². The summed E-state index contributed by atoms with van der Waals surface area (Å²) in [6.45, 7) is 8.88. The van der Waals surface area contributed by atoms with Gasteiger partial charge in [0.25, 0.3) is 0 Å². The molecule has 0 heterocycles. The number of hydrogen-bond acceptors (Lipinski definition) is 1. The second kappa shape index (κ2) is 42.5. The summed E-state index contributed by atoms with van der Waals surface area (Å²) in [5, 5.41) is 0. The molecule has 0 bridgehead atoms. The van der Waals surface area contributed by atoms with Gasteiger partial charge in [0, 0.05) is 19.5 Å². The Morgan fingerprint density at radius 3 is 0.957 bits per heavy atom. The van der Waals surface area contributed by atoms with Crippen LogP contribution in [0.5, 0.6) is 0 Å². The number of amides is 1. The maximum Gasteiger partial charge on any atom is 0.222 e. The third kappa shape index (κ3) is 38.0. The highest BCUT2D eigenvalue weighted by atomic mass is 35.5. The van der Waals surface area contributed by atoms with E-state index in [1.807, 2.05) is 0 Å². The number of carbonyl (C=O) groups excluding carboxylic acids is 1. The van der Waals surface area contributed by atoms with E-state index in [4.69, 9.17) is 0 Å². The Morgan fingerprint density at radius 2 is 0.630 bits per heavy atom. The second-order valence-corrected chi connectivity index (χ2v) is 14.4. The molecule has 0 N–H and O–H groups in total. The molecule has 46 heavy (non-hydrogen) atoms. The summed E-state index contributed by atoms with van der Waals surface area (Å²) in [5.74, 6) is 0.440. The maximum absolute atomic E-state index is 13.2. The van der Waals surface area contributed by atoms with Crippen molar-refractivity contribution in [2.75, 3.05) is 13.1 Å². The quantitative estimate of drug-likeness (QED) is 0.0474. The van der Waals surface area contributed by atoms with Crippen LogP contribution in [0.3, 0.4) is 0 Å². The molecule has 0 aliphatic carbocycles. The predicted octanol–water partition coefficient (Wildman–Crippen LogP) is 15.5. The Bertz CT molecular complexity index is 591. The van der Waals surface area contributed by atoms with Gasteiger partial charge in [-0.3, -0.25) is 4.79 Å². The van der Waals surface area contributed by atoms with Gasteiger partial charge in [0.2, 0.25) is 5.91 Å². The Kier molecular flexibility index (Phi) is 44.0. The van der Waals surface area contributed by atoms with Gasteiger partial charge in [-0.1, -0.05) is 206 Å². The van der Waals surface area contributed by atoms with Crippen molar-refractivity contribution in [3.8, 4) is 0 Å². The second-order valence-electron chi connectivity index (χ2n) is 14.4. The monoisotopic (exact) mass is 668 g/mol. The fourth-order valence-electron chi connectivity index (χ4n) is 6.62. The molecule has 0 spiro atoms. The van der Waals surface area contributed by atoms with E-state index in [9.17, 15) is 4.79 Å². The lowest BCUT2D eigenvalue weighted by molar-refractivity contribution is -0.131. The molecule has 0 unspecified atom stereocenters.